The molecule has 2 aliphatic rings. The van der Waals surface area contributed by atoms with Gasteiger partial charge in [-0.15, -0.1) is 0 Å². The fraction of sp³-hybridized carbons (Fsp3) is 0.667. The number of hydrogen-bond acceptors (Lipinski definition) is 5. The summed E-state index contributed by atoms with van der Waals surface area (Å²) in [6.07, 6.45) is -1.84. The second-order valence-electron chi connectivity index (χ2n) is 11.9. The van der Waals surface area contributed by atoms with Crippen LogP contribution < -0.4 is 0 Å². The Morgan fingerprint density at radius 2 is 2.14 bits per heavy atom. The van der Waals surface area contributed by atoms with Crippen LogP contribution in [0.4, 0.5) is 13.6 Å². The first kappa shape index (κ1) is 29.9. The van der Waals surface area contributed by atoms with Gasteiger partial charge in [-0.25, -0.2) is 23.5 Å². The van der Waals surface area contributed by atoms with E-state index in [4.69, 9.17) is 10.3 Å². The topological polar surface area (TPSA) is 111 Å². The first-order valence-corrected chi connectivity index (χ1v) is 17.4. The highest BCUT2D eigenvalue weighted by Crippen LogP contribution is 2.67. The number of benzene rings is 1. The average molecular weight is 619 g/mol. The molecule has 0 saturated heterocycles. The molecule has 1 N–H and O–H groups in total. The number of hydrogen-bond donors (Lipinski definition) is 1. The van der Waals surface area contributed by atoms with Crippen molar-refractivity contribution in [3.8, 4) is 0 Å². The summed E-state index contributed by atoms with van der Waals surface area (Å²) in [5, 5.41) is 14.1. The van der Waals surface area contributed by atoms with Crippen LogP contribution in [0, 0.1) is 17.2 Å². The summed E-state index contributed by atoms with van der Waals surface area (Å²) in [6.45, 7) is 11.5. The lowest BCUT2D eigenvalue weighted by Crippen LogP contribution is -2.54. The molecule has 13 heteroatoms. The summed E-state index contributed by atoms with van der Waals surface area (Å²) in [6, 6.07) is 5.06. The Kier molecular flexibility index (Phi) is 8.75. The maximum atomic E-state index is 15.2. The van der Waals surface area contributed by atoms with Gasteiger partial charge in [0.1, 0.15) is 24.3 Å². The van der Waals surface area contributed by atoms with Gasteiger partial charge in [-0.1, -0.05) is 73.2 Å². The molecule has 1 aromatic carbocycles. The Bertz CT molecular complexity index is 1120. The summed E-state index contributed by atoms with van der Waals surface area (Å²) in [7, 11) is -1.47. The molecule has 1 aliphatic heterocycles. The van der Waals surface area contributed by atoms with Crippen LogP contribution in [0.25, 0.3) is 10.4 Å². The molecule has 0 radical (unpaired) electrons. The summed E-state index contributed by atoms with van der Waals surface area (Å²) < 4.78 is 36.2. The van der Waals surface area contributed by atoms with Crippen molar-refractivity contribution < 1.29 is 23.4 Å². The molecule has 0 bridgehead atoms. The second kappa shape index (κ2) is 10.8. The Labute approximate surface area is 230 Å². The Morgan fingerprint density at radius 1 is 1.46 bits per heavy atom. The Hall–Kier alpha value is -1.66. The van der Waals surface area contributed by atoms with Crippen molar-refractivity contribution in [1.29, 1.82) is 0 Å². The third kappa shape index (κ3) is 6.33. The van der Waals surface area contributed by atoms with E-state index in [0.717, 1.165) is 22.7 Å². The number of azide groups is 1. The van der Waals surface area contributed by atoms with Gasteiger partial charge in [0.05, 0.1) is 0 Å². The molecular formula is C24H34BrF2N5O3SSi. The van der Waals surface area contributed by atoms with Crippen LogP contribution in [0.2, 0.25) is 25.7 Å². The van der Waals surface area contributed by atoms with Gasteiger partial charge in [0.15, 0.2) is 5.17 Å². The first-order valence-electron chi connectivity index (χ1n) is 12.1. The summed E-state index contributed by atoms with van der Waals surface area (Å²) >= 11 is 4.48. The smallest absolute Gasteiger partial charge is 0.415 e. The minimum Gasteiger partial charge on any atom is -0.465 e. The van der Waals surface area contributed by atoms with Gasteiger partial charge in [-0.2, -0.15) is 0 Å². The molecule has 1 fully saturated rings. The van der Waals surface area contributed by atoms with Crippen LogP contribution in [0.3, 0.4) is 0 Å². The maximum Gasteiger partial charge on any atom is 0.415 e. The molecule has 0 aromatic heterocycles. The molecule has 1 heterocycles. The zero-order chi connectivity index (χ0) is 27.8. The molecule has 4 atom stereocenters. The normalized spacial score (nSPS) is 26.0. The number of alkyl halides is 1. The van der Waals surface area contributed by atoms with Crippen molar-refractivity contribution in [3.05, 3.63) is 44.5 Å². The third-order valence-corrected chi connectivity index (χ3v) is 10.4. The lowest BCUT2D eigenvalue weighted by Gasteiger charge is -2.42. The number of ether oxygens (including phenoxy) is 1. The van der Waals surface area contributed by atoms with E-state index in [9.17, 15) is 9.90 Å². The summed E-state index contributed by atoms with van der Waals surface area (Å²) in [5.41, 5.74) is 6.70. The lowest BCUT2D eigenvalue weighted by atomic mass is 9.85. The number of carboxylic acid groups (broad SMARTS) is 1. The van der Waals surface area contributed by atoms with Gasteiger partial charge >= 0.3 is 6.09 Å². The van der Waals surface area contributed by atoms with E-state index in [1.54, 1.807) is 0 Å². The van der Waals surface area contributed by atoms with Crippen molar-refractivity contribution in [2.24, 2.45) is 21.4 Å². The third-order valence-electron chi connectivity index (χ3n) is 6.71. The van der Waals surface area contributed by atoms with Crippen molar-refractivity contribution in [2.75, 3.05) is 19.8 Å². The number of fused-ring (bicyclic) bond motifs is 1. The SMILES string of the molecule is CC(C)(C)C(OCC[Si](C)(C)C)N(C(=O)O)C1=N[C@](CF)(c2cc(Br)ccc2F)[C@@H]2C[C@]2(CN=[N+]=[N-])S1. The molecule has 37 heavy (non-hydrogen) atoms. The highest BCUT2D eigenvalue weighted by molar-refractivity contribution is 9.10. The molecule has 3 rings (SSSR count). The largest absolute Gasteiger partial charge is 0.465 e. The highest BCUT2D eigenvalue weighted by Gasteiger charge is 2.69. The van der Waals surface area contributed by atoms with Crippen molar-refractivity contribution in [3.63, 3.8) is 0 Å². The van der Waals surface area contributed by atoms with E-state index in [2.05, 4.69) is 50.6 Å². The lowest BCUT2D eigenvalue weighted by molar-refractivity contribution is -0.0761. The number of nitrogens with zero attached hydrogens (tertiary/aromatic N) is 5. The fourth-order valence-electron chi connectivity index (χ4n) is 4.66. The molecular weight excluding hydrogens is 584 g/mol. The van der Waals surface area contributed by atoms with Gasteiger partial charge in [0, 0.05) is 52.3 Å². The minimum atomic E-state index is -1.67. The number of carbonyl (C=O) groups is 1. The molecule has 1 unspecified atom stereocenters. The fourth-order valence-corrected chi connectivity index (χ4v) is 7.31. The van der Waals surface area contributed by atoms with Gasteiger partial charge in [0.2, 0.25) is 0 Å². The van der Waals surface area contributed by atoms with Gasteiger partial charge in [-0.3, -0.25) is 0 Å². The number of amidine groups is 1. The molecule has 1 saturated carbocycles. The predicted molar refractivity (Wildman–Crippen MR) is 149 cm³/mol. The van der Waals surface area contributed by atoms with E-state index >= 15 is 8.78 Å². The predicted octanol–water partition coefficient (Wildman–Crippen LogP) is 7.63. The number of halogens is 3. The van der Waals surface area contributed by atoms with Gasteiger partial charge in [-0.05, 0) is 36.2 Å². The zero-order valence-electron chi connectivity index (χ0n) is 22.0. The number of rotatable bonds is 9. The van der Waals surface area contributed by atoms with Crippen molar-refractivity contribution in [1.82, 2.24) is 4.90 Å². The van der Waals surface area contributed by atoms with Crippen LogP contribution >= 0.6 is 27.7 Å². The van der Waals surface area contributed by atoms with E-state index in [1.165, 1.54) is 18.2 Å². The Balaban J connectivity index is 2.17. The van der Waals surface area contributed by atoms with Crippen LogP contribution in [0.5, 0.6) is 0 Å². The van der Waals surface area contributed by atoms with Gasteiger partial charge < -0.3 is 9.84 Å². The highest BCUT2D eigenvalue weighted by atomic mass is 79.9. The van der Waals surface area contributed by atoms with Crippen LogP contribution in [0.15, 0.2) is 32.8 Å². The van der Waals surface area contributed by atoms with Crippen LogP contribution in [-0.2, 0) is 10.3 Å². The maximum absolute atomic E-state index is 15.2. The average Bonchev–Trinajstić information content (AvgIpc) is 3.51. The van der Waals surface area contributed by atoms with E-state index in [1.807, 2.05) is 20.8 Å². The minimum absolute atomic E-state index is 0.000644. The standard InChI is InChI=1S/C24H34BrF2N5O3SSi/c1-22(2,3)19(35-9-10-37(4,5)6)32(21(33)34)20-30-24(13-26,16-11-15(25)7-8-17(16)27)18-12-23(18,36-20)14-29-31-28/h7-8,11,18-19H,9-10,12-14H2,1-6H3,(H,33,34)/t18-,19?,23-,24-/m1/s1. The second-order valence-corrected chi connectivity index (χ2v) is 19.9. The number of thioether (sulfide) groups is 1. The zero-order valence-corrected chi connectivity index (χ0v) is 25.4. The monoisotopic (exact) mass is 617 g/mol. The molecule has 1 aromatic rings. The molecule has 1 aliphatic carbocycles. The van der Waals surface area contributed by atoms with E-state index in [0.29, 0.717) is 17.5 Å². The van der Waals surface area contributed by atoms with E-state index in [-0.39, 0.29) is 17.3 Å². The number of aliphatic imine (C=N–C) groups is 1. The van der Waals surface area contributed by atoms with Gasteiger partial charge in [0.25, 0.3) is 0 Å². The summed E-state index contributed by atoms with van der Waals surface area (Å²) in [5.74, 6) is -1.12. The quantitative estimate of drug-likeness (QED) is 0.101. The van der Waals surface area contributed by atoms with Crippen molar-refractivity contribution >= 4 is 47.0 Å². The number of amides is 1. The molecule has 204 valence electrons. The molecule has 1 amide bonds. The first-order chi connectivity index (χ1) is 17.1. The molecule has 0 spiro atoms. The van der Waals surface area contributed by atoms with Crippen molar-refractivity contribution in [2.45, 2.75) is 69.4 Å². The van der Waals surface area contributed by atoms with E-state index < -0.39 is 54.5 Å². The van der Waals surface area contributed by atoms with Crippen LogP contribution in [-0.4, -0.2) is 60.1 Å². The Morgan fingerprint density at radius 3 is 2.68 bits per heavy atom. The molecule has 8 nitrogen and oxygen atoms in total. The summed E-state index contributed by atoms with van der Waals surface area (Å²) in [4.78, 5) is 21.3. The van der Waals surface area contributed by atoms with Crippen LogP contribution in [0.1, 0.15) is 32.8 Å².